The summed E-state index contributed by atoms with van der Waals surface area (Å²) in [6.07, 6.45) is 30.4. The van der Waals surface area contributed by atoms with Gasteiger partial charge >= 0.3 is 0 Å². The number of ether oxygens (including phenoxy) is 2. The number of nitrogens with zero attached hydrogens (tertiary/aromatic N) is 4. The summed E-state index contributed by atoms with van der Waals surface area (Å²) in [6.45, 7) is 39.0. The highest BCUT2D eigenvalue weighted by Gasteiger charge is 2.39. The summed E-state index contributed by atoms with van der Waals surface area (Å²) in [7, 11) is 4.46. The quantitative estimate of drug-likeness (QED) is 0.0183. The Morgan fingerprint density at radius 1 is 0.833 bits per heavy atom. The van der Waals surface area contributed by atoms with Gasteiger partial charge in [-0.3, -0.25) is 19.2 Å². The number of likely N-dealkylation sites (tertiary alicyclic amines) is 2. The van der Waals surface area contributed by atoms with Gasteiger partial charge in [0.2, 0.25) is 5.91 Å². The number of allylic oxidation sites excluding steroid dienone is 5. The lowest BCUT2D eigenvalue weighted by Crippen LogP contribution is -2.55. The number of piperidine rings is 2. The highest BCUT2D eigenvalue weighted by Crippen LogP contribution is 2.27. The molecular weight excluding hydrogens is 1160 g/mol. The van der Waals surface area contributed by atoms with Gasteiger partial charge < -0.3 is 35.5 Å². The molecule has 2 aromatic carbocycles. The number of halogens is 1. The van der Waals surface area contributed by atoms with Gasteiger partial charge in [0.1, 0.15) is 29.7 Å². The van der Waals surface area contributed by atoms with Crippen molar-refractivity contribution < 1.29 is 33.4 Å². The molecule has 90 heavy (non-hydrogen) atoms. The third-order valence-electron chi connectivity index (χ3n) is 15.1. The average Bonchev–Trinajstić information content (AvgIpc) is 0.839. The second-order valence-electron chi connectivity index (χ2n) is 25.2. The van der Waals surface area contributed by atoms with Gasteiger partial charge in [-0.25, -0.2) is 4.90 Å². The van der Waals surface area contributed by atoms with E-state index in [0.717, 1.165) is 97.9 Å². The van der Waals surface area contributed by atoms with Crippen molar-refractivity contribution in [1.82, 2.24) is 14.7 Å². The number of carbonyl (C=O) groups is 5. The van der Waals surface area contributed by atoms with Crippen LogP contribution >= 0.6 is 20.8 Å². The third-order valence-corrected chi connectivity index (χ3v) is 16.0. The number of carbonyl (C=O) groups excluding carboxylic acids is 5. The number of nitriles is 1. The van der Waals surface area contributed by atoms with Gasteiger partial charge in [0, 0.05) is 69.6 Å². The summed E-state index contributed by atoms with van der Waals surface area (Å²) in [5.74, 6) is 1.89. The summed E-state index contributed by atoms with van der Waals surface area (Å²) in [5.41, 5.74) is 16.0. The van der Waals surface area contributed by atoms with E-state index in [2.05, 4.69) is 98.9 Å². The number of Topliss-reactive ketones (excluding diaryl/α,β-unsaturated/α-hetero) is 1. The van der Waals surface area contributed by atoms with Crippen molar-refractivity contribution in [2.24, 2.45) is 28.7 Å². The molecule has 15 heteroatoms. The molecule has 3 unspecified atom stereocenters. The number of amides is 4. The van der Waals surface area contributed by atoms with E-state index >= 15 is 0 Å². The smallest absolute Gasteiger partial charge is 0.269 e. The van der Waals surface area contributed by atoms with E-state index in [9.17, 15) is 24.0 Å². The van der Waals surface area contributed by atoms with Gasteiger partial charge in [-0.05, 0) is 122 Å². The Morgan fingerprint density at radius 2 is 1.43 bits per heavy atom. The number of rotatable bonds is 31. The van der Waals surface area contributed by atoms with Gasteiger partial charge in [-0.15, -0.1) is 9.24 Å². The summed E-state index contributed by atoms with van der Waals surface area (Å²) < 4.78 is 11.6. The van der Waals surface area contributed by atoms with Crippen molar-refractivity contribution in [3.63, 3.8) is 0 Å². The van der Waals surface area contributed by atoms with Crippen LogP contribution in [0.1, 0.15) is 286 Å². The molecule has 0 spiro atoms. The predicted octanol–water partition coefficient (Wildman–Crippen LogP) is 18.6. The van der Waals surface area contributed by atoms with Crippen molar-refractivity contribution in [2.45, 2.75) is 277 Å². The van der Waals surface area contributed by atoms with Crippen molar-refractivity contribution in [1.29, 1.82) is 5.26 Å². The van der Waals surface area contributed by atoms with Crippen molar-refractivity contribution in [3.8, 4) is 11.8 Å². The topological polar surface area (TPSA) is 189 Å². The zero-order chi connectivity index (χ0) is 68.8. The second-order valence-corrected chi connectivity index (χ2v) is 26.3. The normalized spacial score (nSPS) is 14.6. The number of likely N-dealkylation sites (N-methyl/N-ethyl adjacent to an activating group) is 1. The van der Waals surface area contributed by atoms with Crippen LogP contribution in [-0.2, 0) is 30.3 Å². The Hall–Kier alpha value is -5.44. The summed E-state index contributed by atoms with van der Waals surface area (Å²) in [5, 5.41) is 10.4. The number of imide groups is 1. The molecule has 0 bridgehead atoms. The second kappa shape index (κ2) is 51.1. The van der Waals surface area contributed by atoms with Crippen LogP contribution in [0.25, 0.3) is 6.08 Å². The fraction of sp³-hybridized carbons (Fsp3) is 0.653. The Morgan fingerprint density at radius 3 is 1.94 bits per heavy atom. The number of benzene rings is 2. The molecule has 0 radical (unpaired) electrons. The molecule has 4 rings (SSSR count). The van der Waals surface area contributed by atoms with Crippen molar-refractivity contribution in [2.75, 3.05) is 26.9 Å². The van der Waals surface area contributed by atoms with E-state index < -0.39 is 11.9 Å². The van der Waals surface area contributed by atoms with Crippen LogP contribution in [0.5, 0.6) is 5.75 Å². The largest absolute Gasteiger partial charge is 0.490 e. The maximum Gasteiger partial charge on any atom is 0.269 e. The van der Waals surface area contributed by atoms with Crippen LogP contribution in [0.3, 0.4) is 0 Å². The lowest BCUT2D eigenvalue weighted by Gasteiger charge is -2.35. The van der Waals surface area contributed by atoms with Gasteiger partial charge in [0.15, 0.2) is 6.73 Å². The minimum Gasteiger partial charge on any atom is -0.490 e. The highest BCUT2D eigenvalue weighted by molar-refractivity contribution is 7.27. The molecule has 4 N–H and O–H groups in total. The molecule has 2 saturated heterocycles. The molecule has 4 amide bonds. The Bertz CT molecular complexity index is 2510. The first-order valence-corrected chi connectivity index (χ1v) is 35.2. The SMILES string of the molecule is C=C(CCCCCCC(C)=O)OCN1C(=O)CCC(N(C)C(=O)c2cc(CCCC(C)CC)c(P)cc2/C=C/CC)C1=O.CC.CC(C)(C)C.CCC/C(N)=C/C=C(\N)C(=O)N1CCC(Oc2ccc(C#N)c(Cl)c2)CC1.CCCC.CCCC(CC)CCC. The molecular formula is C75H126ClN6O7P. The standard InChI is InChI=1S/C35H53N2O5P.C20H25ClN4O2.C9H20.C5H12.C4H10.C2H6/c1-7-9-18-28-23-32(43)29(19-14-15-25(3)8-2)22-30(28)34(40)36(6)31-20-21-33(39)37(35(31)41)24-42-27(5)17-13-11-10-12-16-26(4)38;1-2-3-15(23)5-7-19(24)20(26)25-10-8-16(9-11-25)27-17-6-4-14(13-22)18(21)12-17;1-4-7-9(6-3)8-5-2;1-5(2,3)4;1-3-4-2;1-2/h9,18,22-23,25,31H,5,7-8,10-17,19-21,24,43H2,1-4,6H3;4-7,12,16H,2-3,8-11,23-24H2,1H3;9H,4-8H2,1-3H3;1-4H3;3-4H2,1-2H3;1-2H3/b18-9+;15-5-,19-7-;;;;. The molecule has 0 aliphatic carbocycles. The number of aryl methyl sites for hydroxylation is 1. The van der Waals surface area contributed by atoms with Crippen LogP contribution in [-0.4, -0.2) is 83.1 Å². The molecule has 13 nitrogen and oxygen atoms in total. The number of hydrogen-bond acceptors (Lipinski definition) is 10. The molecule has 0 aromatic heterocycles. The monoisotopic (exact) mass is 1290 g/mol. The van der Waals surface area contributed by atoms with Gasteiger partial charge in [0.25, 0.3) is 17.7 Å². The molecule has 2 aromatic rings. The minimum absolute atomic E-state index is 0.0108. The van der Waals surface area contributed by atoms with E-state index in [1.165, 1.54) is 49.8 Å². The van der Waals surface area contributed by atoms with Crippen LogP contribution < -0.4 is 21.5 Å². The molecule has 2 heterocycles. The number of nitrogens with two attached hydrogens (primary N) is 2. The first-order chi connectivity index (χ1) is 42.7. The lowest BCUT2D eigenvalue weighted by molar-refractivity contribution is -0.157. The minimum atomic E-state index is -0.754. The third kappa shape index (κ3) is 38.4. The summed E-state index contributed by atoms with van der Waals surface area (Å²) >= 11 is 6.03. The lowest BCUT2D eigenvalue weighted by atomic mass is 9.95. The Balaban J connectivity index is 0. The molecule has 3 atom stereocenters. The van der Waals surface area contributed by atoms with Gasteiger partial charge in [-0.1, -0.05) is 211 Å². The fourth-order valence-corrected chi connectivity index (χ4v) is 10.1. The Kier molecular flexibility index (Phi) is 49.2. The first kappa shape index (κ1) is 86.6. The molecule has 2 fully saturated rings. The van der Waals surface area contributed by atoms with Crippen LogP contribution in [0.15, 0.2) is 72.3 Å². The van der Waals surface area contributed by atoms with E-state index in [4.69, 9.17) is 37.8 Å². The number of hydrogen-bond donors (Lipinski definition) is 2. The average molecular weight is 1290 g/mol. The zero-order valence-corrected chi connectivity index (χ0v) is 61.5. The Labute approximate surface area is 556 Å². The molecule has 2 aliphatic rings. The number of ketones is 1. The van der Waals surface area contributed by atoms with E-state index in [-0.39, 0.29) is 54.9 Å². The first-order valence-electron chi connectivity index (χ1n) is 34.3. The molecule has 2 aliphatic heterocycles. The van der Waals surface area contributed by atoms with Crippen LogP contribution in [0, 0.1) is 28.6 Å². The van der Waals surface area contributed by atoms with Crippen LogP contribution in [0.4, 0.5) is 0 Å². The maximum absolute atomic E-state index is 13.9. The maximum atomic E-state index is 13.9. The van der Waals surface area contributed by atoms with E-state index in [1.54, 1.807) is 49.2 Å². The molecule has 0 saturated carbocycles. The van der Waals surface area contributed by atoms with Gasteiger partial charge in [-0.2, -0.15) is 5.26 Å². The molecule has 510 valence electrons. The summed E-state index contributed by atoms with van der Waals surface area (Å²) in [6, 6.07) is 10.3. The fourth-order valence-electron chi connectivity index (χ4n) is 9.45. The van der Waals surface area contributed by atoms with E-state index in [0.29, 0.717) is 83.5 Å². The van der Waals surface area contributed by atoms with Crippen molar-refractivity contribution in [3.05, 3.63) is 99.6 Å². The summed E-state index contributed by atoms with van der Waals surface area (Å²) in [4.78, 5) is 67.9. The highest BCUT2D eigenvalue weighted by atomic mass is 35.5. The van der Waals surface area contributed by atoms with E-state index in [1.807, 2.05) is 51.1 Å². The number of unbranched alkanes of at least 4 members (excludes halogenated alkanes) is 4. The van der Waals surface area contributed by atoms with Crippen LogP contribution in [0.2, 0.25) is 5.02 Å². The zero-order valence-electron chi connectivity index (χ0n) is 59.6. The van der Waals surface area contributed by atoms with Gasteiger partial charge in [0.05, 0.1) is 22.0 Å². The van der Waals surface area contributed by atoms with Crippen molar-refractivity contribution >= 4 is 61.6 Å². The predicted molar refractivity (Wildman–Crippen MR) is 384 cm³/mol.